The van der Waals surface area contributed by atoms with Gasteiger partial charge in [0.05, 0.1) is 10.8 Å². The van der Waals surface area contributed by atoms with Crippen molar-refractivity contribution >= 4 is 53.1 Å². The topological polar surface area (TPSA) is 133 Å². The fourth-order valence-corrected chi connectivity index (χ4v) is 6.28. The van der Waals surface area contributed by atoms with Gasteiger partial charge in [-0.15, -0.1) is 0 Å². The summed E-state index contributed by atoms with van der Waals surface area (Å²) in [6.07, 6.45) is -0.561. The number of Topliss-reactive ketones (excluding diaryl/α,β-unsaturated/α-hetero) is 2. The van der Waals surface area contributed by atoms with Gasteiger partial charge in [-0.2, -0.15) is 0 Å². The van der Waals surface area contributed by atoms with E-state index in [2.05, 4.69) is 0 Å². The van der Waals surface area contributed by atoms with Crippen molar-refractivity contribution in [3.63, 3.8) is 0 Å². The van der Waals surface area contributed by atoms with Gasteiger partial charge in [0.25, 0.3) is 0 Å². The third-order valence-corrected chi connectivity index (χ3v) is 9.21. The molecule has 0 N–H and O–H groups in total. The normalized spacial score (nSPS) is 19.3. The summed E-state index contributed by atoms with van der Waals surface area (Å²) in [4.78, 5) is 48.5. The highest BCUT2D eigenvalue weighted by molar-refractivity contribution is 8.15. The summed E-state index contributed by atoms with van der Waals surface area (Å²) in [7, 11) is -0.0625. The van der Waals surface area contributed by atoms with Crippen LogP contribution in [0.25, 0.3) is 0 Å². The molecule has 0 bridgehead atoms. The molecule has 0 saturated carbocycles. The zero-order valence-electron chi connectivity index (χ0n) is 22.1. The number of aldehydes is 2. The third-order valence-electron chi connectivity index (χ3n) is 6.60. The summed E-state index contributed by atoms with van der Waals surface area (Å²) < 4.78 is 51.4. The minimum atomic E-state index is -3.78. The number of methoxy groups -OCH3 is 1. The van der Waals surface area contributed by atoms with E-state index in [1.807, 2.05) is 0 Å². The molecule has 0 aromatic heterocycles. The van der Waals surface area contributed by atoms with Crippen LogP contribution in [0.5, 0.6) is 5.75 Å². The van der Waals surface area contributed by atoms with Crippen LogP contribution in [0.2, 0.25) is 0 Å². The Bertz CT molecular complexity index is 1100. The number of carbonyl (C=O) groups is 4. The maximum atomic E-state index is 13.1. The van der Waals surface area contributed by atoms with Gasteiger partial charge in [0.15, 0.2) is 19.4 Å². The molecule has 0 spiro atoms. The van der Waals surface area contributed by atoms with E-state index in [4.69, 9.17) is 15.0 Å². The van der Waals surface area contributed by atoms with Crippen LogP contribution in [0.15, 0.2) is 12.1 Å². The van der Waals surface area contributed by atoms with Crippen molar-refractivity contribution in [2.45, 2.75) is 56.3 Å². The fourth-order valence-electron chi connectivity index (χ4n) is 4.09. The smallest absolute Gasteiger partial charge is 0.219 e. The lowest BCUT2D eigenvalue weighted by Gasteiger charge is -2.33. The molecule has 2 rings (SSSR count). The summed E-state index contributed by atoms with van der Waals surface area (Å²) in [5, 5.41) is -1.04. The van der Waals surface area contributed by atoms with E-state index in [1.54, 1.807) is 0 Å². The Morgan fingerprint density at radius 3 is 2.11 bits per heavy atom. The number of carbonyl (C=O) groups excluding carboxylic acids is 4. The second kappa shape index (κ2) is 11.6. The predicted molar refractivity (Wildman–Crippen MR) is 136 cm³/mol. The zero-order valence-corrected chi connectivity index (χ0v) is 22.7. The molecular weight excluding hydrogens is 509 g/mol. The van der Waals surface area contributed by atoms with Gasteiger partial charge < -0.3 is 13.7 Å². The average Bonchev–Trinajstić information content (AvgIpc) is 3.13. The molecule has 1 aromatic carbocycles. The zero-order chi connectivity index (χ0) is 28.2. The Morgan fingerprint density at radius 2 is 1.72 bits per heavy atom. The van der Waals surface area contributed by atoms with E-state index >= 15 is 0 Å². The number of sulfonamides is 1. The minimum Gasteiger partial charge on any atom is -0.467 e. The number of ether oxygens (including phenoxy) is 2. The minimum absolute atomic E-state index is 0.0517. The van der Waals surface area contributed by atoms with Gasteiger partial charge in [-0.1, -0.05) is 11.9 Å². The lowest BCUT2D eigenvalue weighted by molar-refractivity contribution is -0.133. The number of ketones is 2. The van der Waals surface area contributed by atoms with Crippen molar-refractivity contribution in [1.82, 2.24) is 4.31 Å². The largest absolute Gasteiger partial charge is 0.467 e. The van der Waals surface area contributed by atoms with Gasteiger partial charge >= 0.3 is 0 Å². The quantitative estimate of drug-likeness (QED) is 0.111. The predicted octanol–water partition coefficient (Wildman–Crippen LogP) is 1.32. The molecular formula is C23H31BNO9S2. The Labute approximate surface area is 218 Å². The molecule has 197 valence electrons. The molecule has 2 atom stereocenters. The average molecular weight is 542 g/mol. The first kappa shape index (κ1) is 28.5. The molecule has 1 saturated heterocycles. The van der Waals surface area contributed by atoms with E-state index in [-0.39, 0.29) is 54.8 Å². The van der Waals surface area contributed by atoms with Gasteiger partial charge in [0.2, 0.25) is 28.7 Å². The molecule has 1 heterocycles. The summed E-state index contributed by atoms with van der Waals surface area (Å²) in [6, 6.07) is 3.00. The van der Waals surface area contributed by atoms with Crippen molar-refractivity contribution in [2.75, 3.05) is 27.5 Å². The highest BCUT2D eigenvalue weighted by atomic mass is 32.2. The van der Waals surface area contributed by atoms with Crippen LogP contribution in [0, 0.1) is 0 Å². The van der Waals surface area contributed by atoms with E-state index in [1.165, 1.54) is 58.3 Å². The molecule has 1 aliphatic heterocycles. The van der Waals surface area contributed by atoms with Crippen molar-refractivity contribution in [2.24, 2.45) is 0 Å². The monoisotopic (exact) mass is 542 g/mol. The lowest BCUT2D eigenvalue weighted by Crippen LogP contribution is -2.36. The second-order valence-corrected chi connectivity index (χ2v) is 12.2. The van der Waals surface area contributed by atoms with E-state index in [0.29, 0.717) is 11.9 Å². The van der Waals surface area contributed by atoms with Crippen LogP contribution >= 0.6 is 11.9 Å². The fraction of sp³-hybridized carbons (Fsp3) is 0.565. The molecule has 1 aliphatic rings. The van der Waals surface area contributed by atoms with E-state index < -0.39 is 43.8 Å². The number of hydrogen-bond acceptors (Lipinski definition) is 10. The first-order chi connectivity index (χ1) is 17.2. The molecule has 0 aliphatic carbocycles. The molecule has 1 radical (unpaired) electrons. The van der Waals surface area contributed by atoms with Crippen LogP contribution < -0.4 is 4.74 Å². The van der Waals surface area contributed by atoms with Gasteiger partial charge in [0, 0.05) is 31.8 Å². The molecule has 1 fully saturated rings. The molecule has 0 amide bonds. The van der Waals surface area contributed by atoms with Gasteiger partial charge in [-0.3, -0.25) is 19.2 Å². The summed E-state index contributed by atoms with van der Waals surface area (Å²) in [5.74, 6) is -1.54. The first-order valence-electron chi connectivity index (χ1n) is 11.6. The Kier molecular flexibility index (Phi) is 9.15. The molecule has 13 heteroatoms. The number of rotatable bonds is 14. The van der Waals surface area contributed by atoms with Crippen molar-refractivity contribution in [3.05, 3.63) is 28.8 Å². The summed E-state index contributed by atoms with van der Waals surface area (Å²) in [6.45, 7) is 5.93. The maximum Gasteiger partial charge on any atom is 0.219 e. The van der Waals surface area contributed by atoms with Crippen molar-refractivity contribution in [1.29, 1.82) is 1.34 Å². The van der Waals surface area contributed by atoms with Crippen molar-refractivity contribution < 1.29 is 41.3 Å². The van der Waals surface area contributed by atoms with Crippen LogP contribution in [0.4, 0.5) is 0 Å². The van der Waals surface area contributed by atoms with E-state index in [0.717, 1.165) is 7.09 Å². The number of nitrogens with zero attached hydrogens (tertiary/aromatic N) is 1. The number of benzene rings is 1. The van der Waals surface area contributed by atoms with Gasteiger partial charge in [-0.25, -0.2) is 12.7 Å². The maximum absolute atomic E-state index is 13.1. The SMILES string of the molecule is [3H][B]SO[C@H](c1cc(C(C)(C)C(=O)C=O)c(OCOC)c(C(C)(C)C(=O)C=O)c1)[C@H]1CCN(C)S1(=O)=O. The highest BCUT2D eigenvalue weighted by Crippen LogP contribution is 2.45. The van der Waals surface area contributed by atoms with Gasteiger partial charge in [-0.05, 0) is 53.1 Å². The third kappa shape index (κ3) is 5.59. The Hall–Kier alpha value is -2.06. The highest BCUT2D eigenvalue weighted by Gasteiger charge is 2.45. The molecule has 1 aromatic rings. The summed E-state index contributed by atoms with van der Waals surface area (Å²) >= 11 is 0.627. The Balaban J connectivity index is 2.98. The Morgan fingerprint density at radius 1 is 1.19 bits per heavy atom. The standard InChI is InChI=1S/C23H31BNO9S2/c1-22(2,18(28)11-26)15-9-14(20(34-35-24)17-7-8-25(5)36(17,30)31)10-16(21(15)33-13-32-6)23(3,4)19(29)12-27/h9-12,17,20,24H,7-8,13H2,1-6H3/t17-,20-/m1/s1/i24T. The number of hydrogen-bond donors (Lipinski definition) is 0. The lowest BCUT2D eigenvalue weighted by atomic mass is 9.73. The molecule has 10 nitrogen and oxygen atoms in total. The second-order valence-electron chi connectivity index (χ2n) is 9.52. The summed E-state index contributed by atoms with van der Waals surface area (Å²) in [5.41, 5.74) is -2.32. The molecule has 0 unspecified atom stereocenters. The van der Waals surface area contributed by atoms with Crippen LogP contribution in [-0.4, -0.2) is 78.0 Å². The first-order valence-corrected chi connectivity index (χ1v) is 13.3. The van der Waals surface area contributed by atoms with Crippen molar-refractivity contribution in [3.8, 4) is 5.75 Å². The van der Waals surface area contributed by atoms with Crippen LogP contribution in [-0.2, 0) is 49.0 Å². The van der Waals surface area contributed by atoms with Crippen LogP contribution in [0.1, 0.15) is 56.9 Å². The molecule has 36 heavy (non-hydrogen) atoms. The van der Waals surface area contributed by atoms with Gasteiger partial charge in [0.1, 0.15) is 17.1 Å². The van der Waals surface area contributed by atoms with E-state index in [9.17, 15) is 27.6 Å². The van der Waals surface area contributed by atoms with Crippen LogP contribution in [0.3, 0.4) is 0 Å².